The number of quaternary nitrogens is 1. The number of phenols is 1. The predicted octanol–water partition coefficient (Wildman–Crippen LogP) is 1.70. The lowest BCUT2D eigenvalue weighted by Gasteiger charge is -2.11. The molecule has 0 spiro atoms. The lowest BCUT2D eigenvalue weighted by atomic mass is 10.1. The molecule has 6 heteroatoms. The number of aromatic nitrogens is 2. The molecule has 0 amide bonds. The minimum atomic E-state index is -0.462. The molecule has 2 aromatic carbocycles. The molecule has 0 bridgehead atoms. The number of rotatable bonds is 3. The molecule has 2 N–H and O–H groups in total. The number of nitrogens with zero attached hydrogens (tertiary/aromatic N) is 2. The molecule has 132 valence electrons. The predicted molar refractivity (Wildman–Crippen MR) is 100 cm³/mol. The lowest BCUT2D eigenvalue weighted by Crippen LogP contribution is -3.04. The Morgan fingerprint density at radius 3 is 2.69 bits per heavy atom. The quantitative estimate of drug-likeness (QED) is 0.552. The van der Waals surface area contributed by atoms with Crippen molar-refractivity contribution in [3.05, 3.63) is 58.4 Å². The number of hydrogen-bond donors (Lipinski definition) is 2. The second kappa shape index (κ2) is 6.00. The zero-order valence-corrected chi connectivity index (χ0v) is 14.9. The Hall–Kier alpha value is -3.12. The molecule has 0 aliphatic rings. The molecule has 26 heavy (non-hydrogen) atoms. The van der Waals surface area contributed by atoms with Gasteiger partial charge in [0.2, 0.25) is 0 Å². The zero-order chi connectivity index (χ0) is 18.4. The molecular weight excluding hydrogens is 330 g/mol. The van der Waals surface area contributed by atoms with Crippen molar-refractivity contribution >= 4 is 22.0 Å². The van der Waals surface area contributed by atoms with Crippen LogP contribution in [-0.4, -0.2) is 28.8 Å². The van der Waals surface area contributed by atoms with E-state index in [1.165, 1.54) is 0 Å². The topological polar surface area (TPSA) is 72.7 Å². The van der Waals surface area contributed by atoms with E-state index in [4.69, 9.17) is 4.42 Å². The first kappa shape index (κ1) is 16.4. The summed E-state index contributed by atoms with van der Waals surface area (Å²) in [6.45, 7) is 0.553. The molecule has 0 radical (unpaired) electrons. The largest absolute Gasteiger partial charge is 0.507 e. The molecular formula is C20H20N3O3+. The van der Waals surface area contributed by atoms with Crippen LogP contribution in [0.15, 0.2) is 51.7 Å². The highest BCUT2D eigenvalue weighted by molar-refractivity contribution is 5.86. The molecule has 2 aromatic heterocycles. The normalized spacial score (nSPS) is 11.7. The van der Waals surface area contributed by atoms with Crippen LogP contribution < -0.4 is 10.5 Å². The van der Waals surface area contributed by atoms with E-state index in [-0.39, 0.29) is 5.75 Å². The third kappa shape index (κ3) is 2.55. The van der Waals surface area contributed by atoms with E-state index >= 15 is 0 Å². The maximum absolute atomic E-state index is 12.7. The summed E-state index contributed by atoms with van der Waals surface area (Å²) in [6, 6.07) is 12.9. The Morgan fingerprint density at radius 2 is 1.96 bits per heavy atom. The van der Waals surface area contributed by atoms with Crippen molar-refractivity contribution in [1.82, 2.24) is 9.55 Å². The second-order valence-electron chi connectivity index (χ2n) is 6.80. The van der Waals surface area contributed by atoms with Crippen molar-refractivity contribution in [1.29, 1.82) is 0 Å². The number of aryl methyl sites for hydroxylation is 1. The average Bonchev–Trinajstić information content (AvgIpc) is 2.94. The maximum Gasteiger partial charge on any atom is 0.347 e. The first-order valence-corrected chi connectivity index (χ1v) is 8.45. The van der Waals surface area contributed by atoms with Crippen LogP contribution in [0.4, 0.5) is 0 Å². The van der Waals surface area contributed by atoms with Crippen LogP contribution in [0.2, 0.25) is 0 Å². The summed E-state index contributed by atoms with van der Waals surface area (Å²) in [5.74, 6) is 0.701. The monoisotopic (exact) mass is 350 g/mol. The molecule has 0 aliphatic carbocycles. The van der Waals surface area contributed by atoms with E-state index < -0.39 is 5.63 Å². The fourth-order valence-electron chi connectivity index (χ4n) is 3.30. The Labute approximate surface area is 149 Å². The van der Waals surface area contributed by atoms with Crippen LogP contribution in [0.3, 0.4) is 0 Å². The van der Waals surface area contributed by atoms with Gasteiger partial charge in [0.1, 0.15) is 23.7 Å². The number of benzene rings is 2. The van der Waals surface area contributed by atoms with Gasteiger partial charge in [-0.05, 0) is 30.3 Å². The van der Waals surface area contributed by atoms with Gasteiger partial charge in [0, 0.05) is 12.4 Å². The summed E-state index contributed by atoms with van der Waals surface area (Å²) in [5, 5.41) is 10.9. The van der Waals surface area contributed by atoms with Crippen molar-refractivity contribution in [3.63, 3.8) is 0 Å². The first-order valence-electron chi connectivity index (χ1n) is 8.45. The molecule has 2 heterocycles. The van der Waals surface area contributed by atoms with Crippen molar-refractivity contribution < 1.29 is 14.4 Å². The van der Waals surface area contributed by atoms with Gasteiger partial charge in [-0.15, -0.1) is 0 Å². The van der Waals surface area contributed by atoms with Crippen molar-refractivity contribution in [2.24, 2.45) is 7.05 Å². The van der Waals surface area contributed by atoms with Gasteiger partial charge in [-0.3, -0.25) is 0 Å². The SMILES string of the molecule is Cn1c(-c2cc3ccc(O)c(C[NH+](C)C)c3oc2=O)nc2ccccc21. The van der Waals surface area contributed by atoms with Crippen LogP contribution >= 0.6 is 0 Å². The molecule has 0 saturated heterocycles. The molecule has 0 fully saturated rings. The van der Waals surface area contributed by atoms with E-state index in [2.05, 4.69) is 4.98 Å². The third-order valence-corrected chi connectivity index (χ3v) is 4.54. The summed E-state index contributed by atoms with van der Waals surface area (Å²) in [6.07, 6.45) is 0. The number of nitrogens with one attached hydrogen (secondary N) is 1. The molecule has 0 saturated carbocycles. The fourth-order valence-corrected chi connectivity index (χ4v) is 3.30. The number of phenolic OH excluding ortho intramolecular Hbond substituents is 1. The molecule has 0 atom stereocenters. The summed E-state index contributed by atoms with van der Waals surface area (Å²) < 4.78 is 7.52. The van der Waals surface area contributed by atoms with Crippen LogP contribution in [0.1, 0.15) is 5.56 Å². The van der Waals surface area contributed by atoms with Gasteiger partial charge in [0.05, 0.1) is 30.7 Å². The summed E-state index contributed by atoms with van der Waals surface area (Å²) in [5.41, 5.74) is 2.79. The summed E-state index contributed by atoms with van der Waals surface area (Å²) in [7, 11) is 5.83. The standard InChI is InChI=1S/C20H19N3O3/c1-22(2)11-14-17(24)9-8-12-10-13(20(25)26-18(12)14)19-21-15-6-4-5-7-16(15)23(19)3/h4-10,24H,11H2,1-3H3/p+1. The number of fused-ring (bicyclic) bond motifs is 2. The van der Waals surface area contributed by atoms with Gasteiger partial charge in [-0.2, -0.15) is 0 Å². The van der Waals surface area contributed by atoms with Gasteiger partial charge in [0.25, 0.3) is 0 Å². The van der Waals surface area contributed by atoms with Crippen LogP contribution in [0.25, 0.3) is 33.4 Å². The highest BCUT2D eigenvalue weighted by atomic mass is 16.4. The number of para-hydroxylation sites is 2. The number of aromatic hydroxyl groups is 1. The maximum atomic E-state index is 12.7. The van der Waals surface area contributed by atoms with Crippen LogP contribution in [0, 0.1) is 0 Å². The third-order valence-electron chi connectivity index (χ3n) is 4.54. The van der Waals surface area contributed by atoms with E-state index in [9.17, 15) is 9.90 Å². The van der Waals surface area contributed by atoms with Gasteiger partial charge in [-0.1, -0.05) is 12.1 Å². The minimum absolute atomic E-state index is 0.136. The smallest absolute Gasteiger partial charge is 0.347 e. The Morgan fingerprint density at radius 1 is 1.19 bits per heavy atom. The highest BCUT2D eigenvalue weighted by Gasteiger charge is 2.18. The van der Waals surface area contributed by atoms with E-state index in [1.807, 2.05) is 50.0 Å². The molecule has 4 rings (SSSR count). The van der Waals surface area contributed by atoms with E-state index in [0.29, 0.717) is 29.1 Å². The van der Waals surface area contributed by atoms with Crippen molar-refractivity contribution in [2.75, 3.05) is 14.1 Å². The fraction of sp³-hybridized carbons (Fsp3) is 0.200. The van der Waals surface area contributed by atoms with Crippen molar-refractivity contribution in [3.8, 4) is 17.1 Å². The number of hydrogen-bond acceptors (Lipinski definition) is 4. The average molecular weight is 350 g/mol. The van der Waals surface area contributed by atoms with Crippen molar-refractivity contribution in [2.45, 2.75) is 6.54 Å². The highest BCUT2D eigenvalue weighted by Crippen LogP contribution is 2.29. The number of imidazole rings is 1. The Balaban J connectivity index is 1.97. The summed E-state index contributed by atoms with van der Waals surface area (Å²) >= 11 is 0. The van der Waals surface area contributed by atoms with E-state index in [0.717, 1.165) is 21.3 Å². The van der Waals surface area contributed by atoms with E-state index in [1.54, 1.807) is 18.2 Å². The Kier molecular flexibility index (Phi) is 3.77. The molecule has 6 nitrogen and oxygen atoms in total. The molecule has 0 unspecified atom stereocenters. The Bertz CT molecular complexity index is 1190. The lowest BCUT2D eigenvalue weighted by molar-refractivity contribution is -0.872. The molecule has 4 aromatic rings. The second-order valence-corrected chi connectivity index (χ2v) is 6.80. The van der Waals surface area contributed by atoms with Crippen LogP contribution in [0.5, 0.6) is 5.75 Å². The first-order chi connectivity index (χ1) is 12.5. The zero-order valence-electron chi connectivity index (χ0n) is 14.9. The van der Waals surface area contributed by atoms with Gasteiger partial charge in [0.15, 0.2) is 5.58 Å². The minimum Gasteiger partial charge on any atom is -0.507 e. The van der Waals surface area contributed by atoms with Gasteiger partial charge < -0.3 is 19.0 Å². The molecule has 0 aliphatic heterocycles. The van der Waals surface area contributed by atoms with Crippen LogP contribution in [-0.2, 0) is 13.6 Å². The van der Waals surface area contributed by atoms with Gasteiger partial charge in [-0.25, -0.2) is 9.78 Å². The summed E-state index contributed by atoms with van der Waals surface area (Å²) in [4.78, 5) is 18.4. The van der Waals surface area contributed by atoms with Gasteiger partial charge >= 0.3 is 5.63 Å².